The molecule has 2 N–H and O–H groups in total. The van der Waals surface area contributed by atoms with Crippen molar-refractivity contribution in [3.05, 3.63) is 29.3 Å². The van der Waals surface area contributed by atoms with Crippen LogP contribution in [0.4, 0.5) is 5.69 Å². The maximum absolute atomic E-state index is 11.2. The third-order valence-corrected chi connectivity index (χ3v) is 4.20. The Kier molecular flexibility index (Phi) is 3.54. The first kappa shape index (κ1) is 13.9. The quantitative estimate of drug-likeness (QED) is 0.877. The maximum Gasteiger partial charge on any atom is 0.337 e. The van der Waals surface area contributed by atoms with Crippen LogP contribution < -0.4 is 5.32 Å². The van der Waals surface area contributed by atoms with Crippen molar-refractivity contribution in [2.75, 3.05) is 12.4 Å². The van der Waals surface area contributed by atoms with Crippen LogP contribution in [0, 0.1) is 12.3 Å². The number of nitrogens with one attached hydrogen (secondary N) is 1. The van der Waals surface area contributed by atoms with E-state index in [2.05, 4.69) is 19.2 Å². The summed E-state index contributed by atoms with van der Waals surface area (Å²) in [6, 6.07) is 5.59. The van der Waals surface area contributed by atoms with Crippen LogP contribution >= 0.6 is 0 Å². The fraction of sp³-hybridized carbons (Fsp3) is 0.533. The smallest absolute Gasteiger partial charge is 0.337 e. The number of methoxy groups -OCH3 is 1. The second-order valence-corrected chi connectivity index (χ2v) is 5.83. The zero-order valence-electron chi connectivity index (χ0n) is 11.9. The molecule has 0 aromatic heterocycles. The summed E-state index contributed by atoms with van der Waals surface area (Å²) in [6.45, 7) is 6.23. The summed E-state index contributed by atoms with van der Waals surface area (Å²) >= 11 is 0. The number of benzene rings is 1. The molecule has 0 spiro atoms. The van der Waals surface area contributed by atoms with Gasteiger partial charge in [-0.3, -0.25) is 0 Å². The molecular weight excluding hydrogens is 242 g/mol. The fourth-order valence-electron chi connectivity index (χ4n) is 2.68. The number of carboxylic acids is 1. The van der Waals surface area contributed by atoms with Crippen molar-refractivity contribution in [2.24, 2.45) is 5.41 Å². The van der Waals surface area contributed by atoms with Crippen LogP contribution in [0.15, 0.2) is 18.2 Å². The first-order chi connectivity index (χ1) is 8.86. The molecular formula is C15H21NO3. The van der Waals surface area contributed by atoms with Crippen molar-refractivity contribution in [3.8, 4) is 0 Å². The van der Waals surface area contributed by atoms with E-state index in [0.717, 1.165) is 12.0 Å². The first-order valence-electron chi connectivity index (χ1n) is 6.49. The minimum absolute atomic E-state index is 0.00820. The SMILES string of the molecule is COC1CC(Nc2cc(C)ccc2C(=O)O)C1(C)C. The molecule has 19 heavy (non-hydrogen) atoms. The highest BCUT2D eigenvalue weighted by Gasteiger charge is 2.48. The third kappa shape index (κ3) is 2.45. The minimum atomic E-state index is -0.900. The van der Waals surface area contributed by atoms with E-state index in [-0.39, 0.29) is 17.6 Å². The molecule has 1 aromatic carbocycles. The lowest BCUT2D eigenvalue weighted by atomic mass is 9.64. The molecule has 2 unspecified atom stereocenters. The van der Waals surface area contributed by atoms with Crippen LogP contribution in [0.1, 0.15) is 36.2 Å². The Morgan fingerprint density at radius 1 is 1.47 bits per heavy atom. The largest absolute Gasteiger partial charge is 0.478 e. The molecule has 0 aliphatic heterocycles. The van der Waals surface area contributed by atoms with Gasteiger partial charge in [0.15, 0.2) is 0 Å². The number of carbonyl (C=O) groups is 1. The van der Waals surface area contributed by atoms with Gasteiger partial charge in [0.2, 0.25) is 0 Å². The van der Waals surface area contributed by atoms with Gasteiger partial charge >= 0.3 is 5.97 Å². The lowest BCUT2D eigenvalue weighted by Gasteiger charge is -2.51. The number of hydrogen-bond donors (Lipinski definition) is 2. The van der Waals surface area contributed by atoms with Crippen molar-refractivity contribution in [2.45, 2.75) is 39.3 Å². The summed E-state index contributed by atoms with van der Waals surface area (Å²) in [5.74, 6) is -0.900. The Morgan fingerprint density at radius 2 is 2.16 bits per heavy atom. The van der Waals surface area contributed by atoms with Crippen LogP contribution in [0.5, 0.6) is 0 Å². The topological polar surface area (TPSA) is 58.6 Å². The molecule has 4 heteroatoms. The average Bonchev–Trinajstić information content (AvgIpc) is 2.33. The fourth-order valence-corrected chi connectivity index (χ4v) is 2.68. The molecule has 2 atom stereocenters. The van der Waals surface area contributed by atoms with Crippen LogP contribution in [0.25, 0.3) is 0 Å². The van der Waals surface area contributed by atoms with Crippen molar-refractivity contribution in [3.63, 3.8) is 0 Å². The van der Waals surface area contributed by atoms with Crippen molar-refractivity contribution in [1.29, 1.82) is 0 Å². The summed E-state index contributed by atoms with van der Waals surface area (Å²) in [4.78, 5) is 11.2. The van der Waals surface area contributed by atoms with Gasteiger partial charge in [0.05, 0.1) is 11.7 Å². The van der Waals surface area contributed by atoms with E-state index >= 15 is 0 Å². The minimum Gasteiger partial charge on any atom is -0.478 e. The van der Waals surface area contributed by atoms with Gasteiger partial charge < -0.3 is 15.2 Å². The number of hydrogen-bond acceptors (Lipinski definition) is 3. The molecule has 0 saturated heterocycles. The second-order valence-electron chi connectivity index (χ2n) is 5.83. The molecule has 1 aliphatic rings. The zero-order chi connectivity index (χ0) is 14.2. The van der Waals surface area contributed by atoms with Gasteiger partial charge in [-0.05, 0) is 31.0 Å². The third-order valence-electron chi connectivity index (χ3n) is 4.20. The van der Waals surface area contributed by atoms with Gasteiger partial charge in [-0.25, -0.2) is 4.79 Å². The van der Waals surface area contributed by atoms with Crippen molar-refractivity contribution >= 4 is 11.7 Å². The monoisotopic (exact) mass is 263 g/mol. The number of rotatable bonds is 4. The van der Waals surface area contributed by atoms with E-state index in [1.54, 1.807) is 13.2 Å². The first-order valence-corrected chi connectivity index (χ1v) is 6.49. The molecule has 0 bridgehead atoms. The van der Waals surface area contributed by atoms with Gasteiger partial charge in [-0.2, -0.15) is 0 Å². The molecule has 0 heterocycles. The molecule has 1 aliphatic carbocycles. The number of ether oxygens (including phenoxy) is 1. The van der Waals surface area contributed by atoms with E-state index in [9.17, 15) is 9.90 Å². The zero-order valence-corrected chi connectivity index (χ0v) is 11.9. The van der Waals surface area contributed by atoms with E-state index in [1.807, 2.05) is 19.1 Å². The predicted octanol–water partition coefficient (Wildman–Crippen LogP) is 2.92. The Morgan fingerprint density at radius 3 is 2.68 bits per heavy atom. The lowest BCUT2D eigenvalue weighted by Crippen LogP contribution is -2.57. The Bertz CT molecular complexity index is 496. The molecule has 0 amide bonds. The van der Waals surface area contributed by atoms with E-state index < -0.39 is 5.97 Å². The molecule has 104 valence electrons. The standard InChI is InChI=1S/C15H21NO3/c1-9-5-6-10(14(17)18)11(7-9)16-12-8-13(19-4)15(12,2)3/h5-7,12-13,16H,8H2,1-4H3,(H,17,18). The number of aryl methyl sites for hydroxylation is 1. The van der Waals surface area contributed by atoms with E-state index in [1.165, 1.54) is 0 Å². The van der Waals surface area contributed by atoms with Gasteiger partial charge in [-0.15, -0.1) is 0 Å². The van der Waals surface area contributed by atoms with Crippen LogP contribution in [0.2, 0.25) is 0 Å². The molecule has 1 aromatic rings. The highest BCUT2D eigenvalue weighted by atomic mass is 16.5. The molecule has 1 fully saturated rings. The van der Waals surface area contributed by atoms with Crippen molar-refractivity contribution in [1.82, 2.24) is 0 Å². The summed E-state index contributed by atoms with van der Waals surface area (Å²) in [5.41, 5.74) is 2.07. The van der Waals surface area contributed by atoms with Crippen molar-refractivity contribution < 1.29 is 14.6 Å². The van der Waals surface area contributed by atoms with Gasteiger partial charge in [0.1, 0.15) is 0 Å². The molecule has 0 radical (unpaired) electrons. The number of aromatic carboxylic acids is 1. The van der Waals surface area contributed by atoms with E-state index in [0.29, 0.717) is 11.3 Å². The second kappa shape index (κ2) is 4.85. The Hall–Kier alpha value is -1.55. The van der Waals surface area contributed by atoms with E-state index in [4.69, 9.17) is 4.74 Å². The lowest BCUT2D eigenvalue weighted by molar-refractivity contribution is -0.0794. The summed E-state index contributed by atoms with van der Waals surface area (Å²) in [5, 5.41) is 12.6. The molecule has 2 rings (SSSR count). The molecule has 1 saturated carbocycles. The highest BCUT2D eigenvalue weighted by molar-refractivity contribution is 5.94. The van der Waals surface area contributed by atoms with Crippen LogP contribution in [-0.4, -0.2) is 30.3 Å². The highest BCUT2D eigenvalue weighted by Crippen LogP contribution is 2.44. The summed E-state index contributed by atoms with van der Waals surface area (Å²) in [6.07, 6.45) is 1.12. The average molecular weight is 263 g/mol. The normalized spacial score (nSPS) is 24.6. The van der Waals surface area contributed by atoms with Gasteiger partial charge in [-0.1, -0.05) is 19.9 Å². The number of carboxylic acid groups (broad SMARTS) is 1. The Balaban J connectivity index is 2.21. The molecule has 4 nitrogen and oxygen atoms in total. The number of anilines is 1. The van der Waals surface area contributed by atoms with Crippen LogP contribution in [0.3, 0.4) is 0 Å². The summed E-state index contributed by atoms with van der Waals surface area (Å²) in [7, 11) is 1.72. The summed E-state index contributed by atoms with van der Waals surface area (Å²) < 4.78 is 5.41. The maximum atomic E-state index is 11.2. The van der Waals surface area contributed by atoms with Gasteiger partial charge in [0.25, 0.3) is 0 Å². The predicted molar refractivity (Wildman–Crippen MR) is 74.7 cm³/mol. The Labute approximate surface area is 113 Å². The van der Waals surface area contributed by atoms with Gasteiger partial charge in [0, 0.05) is 24.3 Å². The van der Waals surface area contributed by atoms with Crippen LogP contribution in [-0.2, 0) is 4.74 Å².